The smallest absolute Gasteiger partial charge is 0.341 e. The lowest BCUT2D eigenvalue weighted by atomic mass is 10.0. The van der Waals surface area contributed by atoms with E-state index in [1.807, 2.05) is 32.0 Å². The molecule has 1 aromatic carbocycles. The summed E-state index contributed by atoms with van der Waals surface area (Å²) in [5.74, 6) is -0.505. The highest BCUT2D eigenvalue weighted by Crippen LogP contribution is 2.19. The Kier molecular flexibility index (Phi) is 4.11. The van der Waals surface area contributed by atoms with Gasteiger partial charge in [-0.15, -0.1) is 0 Å². The van der Waals surface area contributed by atoms with E-state index in [9.17, 15) is 4.79 Å². The van der Waals surface area contributed by atoms with Gasteiger partial charge in [0.2, 0.25) is 0 Å². The van der Waals surface area contributed by atoms with Crippen LogP contribution in [0.2, 0.25) is 0 Å². The van der Waals surface area contributed by atoms with Gasteiger partial charge < -0.3 is 9.84 Å². The number of carbonyl (C=O) groups excluding carboxylic acids is 1. The molecule has 0 aromatic heterocycles. The largest absolute Gasteiger partial charge is 0.515 e. The highest BCUT2D eigenvalue weighted by atomic mass is 16.5. The second kappa shape index (κ2) is 5.35. The Bertz CT molecular complexity index is 399. The third kappa shape index (κ3) is 2.86. The number of aliphatic hydroxyl groups excluding tert-OH is 1. The van der Waals surface area contributed by atoms with Crippen molar-refractivity contribution in [3.05, 3.63) is 41.2 Å². The van der Waals surface area contributed by atoms with Gasteiger partial charge in [0, 0.05) is 0 Å². The van der Waals surface area contributed by atoms with Gasteiger partial charge in [0.05, 0.1) is 12.9 Å². The van der Waals surface area contributed by atoms with Gasteiger partial charge in [-0.25, -0.2) is 4.79 Å². The SMILES string of the molecule is CCOC(=O)/C(=C\O)c1cc(C)cc(C)c1. The van der Waals surface area contributed by atoms with Crippen molar-refractivity contribution in [3.8, 4) is 0 Å². The Morgan fingerprint density at radius 3 is 2.31 bits per heavy atom. The van der Waals surface area contributed by atoms with Crippen molar-refractivity contribution in [1.82, 2.24) is 0 Å². The molecule has 0 atom stereocenters. The number of aliphatic hydroxyl groups is 1. The molecule has 0 spiro atoms. The van der Waals surface area contributed by atoms with Crippen LogP contribution in [-0.2, 0) is 9.53 Å². The van der Waals surface area contributed by atoms with Gasteiger partial charge in [0.25, 0.3) is 0 Å². The van der Waals surface area contributed by atoms with Crippen LogP contribution in [0.25, 0.3) is 5.57 Å². The molecule has 1 rings (SSSR count). The van der Waals surface area contributed by atoms with Crippen molar-refractivity contribution in [2.24, 2.45) is 0 Å². The first kappa shape index (κ1) is 12.3. The summed E-state index contributed by atoms with van der Waals surface area (Å²) in [6, 6.07) is 5.68. The molecular weight excluding hydrogens is 204 g/mol. The molecule has 86 valence electrons. The summed E-state index contributed by atoms with van der Waals surface area (Å²) >= 11 is 0. The Morgan fingerprint density at radius 2 is 1.88 bits per heavy atom. The molecule has 1 aromatic rings. The maximum Gasteiger partial charge on any atom is 0.341 e. The van der Waals surface area contributed by atoms with Gasteiger partial charge >= 0.3 is 5.97 Å². The molecule has 0 aliphatic carbocycles. The molecule has 16 heavy (non-hydrogen) atoms. The van der Waals surface area contributed by atoms with Gasteiger partial charge in [0.15, 0.2) is 0 Å². The number of aryl methyl sites for hydroxylation is 2. The summed E-state index contributed by atoms with van der Waals surface area (Å²) in [5, 5.41) is 9.10. The Hall–Kier alpha value is -1.77. The second-order valence-electron chi connectivity index (χ2n) is 3.64. The first-order valence-corrected chi connectivity index (χ1v) is 5.18. The third-order valence-corrected chi connectivity index (χ3v) is 2.16. The van der Waals surface area contributed by atoms with Gasteiger partial charge in [-0.1, -0.05) is 29.3 Å². The van der Waals surface area contributed by atoms with Crippen LogP contribution in [0.1, 0.15) is 23.6 Å². The van der Waals surface area contributed by atoms with Crippen molar-refractivity contribution < 1.29 is 14.6 Å². The van der Waals surface area contributed by atoms with Crippen LogP contribution in [0.15, 0.2) is 24.5 Å². The number of esters is 1. The zero-order valence-corrected chi connectivity index (χ0v) is 9.78. The van der Waals surface area contributed by atoms with E-state index in [0.29, 0.717) is 12.2 Å². The van der Waals surface area contributed by atoms with Crippen LogP contribution < -0.4 is 0 Å². The van der Waals surface area contributed by atoms with E-state index >= 15 is 0 Å². The van der Waals surface area contributed by atoms with Crippen LogP contribution in [0.4, 0.5) is 0 Å². The maximum atomic E-state index is 11.5. The quantitative estimate of drug-likeness (QED) is 0.484. The van der Waals surface area contributed by atoms with E-state index in [1.54, 1.807) is 6.92 Å². The van der Waals surface area contributed by atoms with Crippen LogP contribution in [0, 0.1) is 13.8 Å². The van der Waals surface area contributed by atoms with Crippen molar-refractivity contribution >= 4 is 11.5 Å². The highest BCUT2D eigenvalue weighted by molar-refractivity contribution is 6.16. The first-order chi connectivity index (χ1) is 7.58. The number of rotatable bonds is 3. The molecule has 0 unspecified atom stereocenters. The minimum Gasteiger partial charge on any atom is -0.515 e. The van der Waals surface area contributed by atoms with Crippen LogP contribution in [0.3, 0.4) is 0 Å². The summed E-state index contributed by atoms with van der Waals surface area (Å²) in [6.45, 7) is 5.91. The molecule has 3 nitrogen and oxygen atoms in total. The summed E-state index contributed by atoms with van der Waals surface area (Å²) in [5.41, 5.74) is 2.95. The molecule has 0 fully saturated rings. The number of hydrogen-bond donors (Lipinski definition) is 1. The zero-order valence-electron chi connectivity index (χ0n) is 9.78. The topological polar surface area (TPSA) is 46.5 Å². The van der Waals surface area contributed by atoms with E-state index in [1.165, 1.54) is 0 Å². The van der Waals surface area contributed by atoms with Gasteiger partial charge in [-0.3, -0.25) is 0 Å². The lowest BCUT2D eigenvalue weighted by Crippen LogP contribution is -2.07. The molecule has 0 bridgehead atoms. The predicted octanol–water partition coefficient (Wildman–Crippen LogP) is 2.77. The Morgan fingerprint density at radius 1 is 1.31 bits per heavy atom. The highest BCUT2D eigenvalue weighted by Gasteiger charge is 2.13. The molecule has 0 heterocycles. The number of hydrogen-bond acceptors (Lipinski definition) is 3. The van der Waals surface area contributed by atoms with Crippen molar-refractivity contribution in [2.75, 3.05) is 6.61 Å². The van der Waals surface area contributed by atoms with E-state index < -0.39 is 5.97 Å². The summed E-state index contributed by atoms with van der Waals surface area (Å²) in [7, 11) is 0. The number of carbonyl (C=O) groups is 1. The predicted molar refractivity (Wildman–Crippen MR) is 63.2 cm³/mol. The fraction of sp³-hybridized carbons (Fsp3) is 0.308. The second-order valence-corrected chi connectivity index (χ2v) is 3.64. The van der Waals surface area contributed by atoms with Crippen molar-refractivity contribution in [1.29, 1.82) is 0 Å². The normalized spacial score (nSPS) is 11.3. The fourth-order valence-electron chi connectivity index (χ4n) is 1.58. The molecule has 0 aliphatic rings. The monoisotopic (exact) mass is 220 g/mol. The summed E-state index contributed by atoms with van der Waals surface area (Å²) in [6.07, 6.45) is 0.798. The van der Waals surface area contributed by atoms with Crippen molar-refractivity contribution in [3.63, 3.8) is 0 Å². The van der Waals surface area contributed by atoms with Crippen molar-refractivity contribution in [2.45, 2.75) is 20.8 Å². The standard InChI is InChI=1S/C13H16O3/c1-4-16-13(15)12(8-14)11-6-9(2)5-10(3)7-11/h5-8,14H,4H2,1-3H3/b12-8-. The first-order valence-electron chi connectivity index (χ1n) is 5.18. The van der Waals surface area contributed by atoms with Crippen LogP contribution >= 0.6 is 0 Å². The Labute approximate surface area is 95.4 Å². The Balaban J connectivity index is 3.09. The van der Waals surface area contributed by atoms with E-state index in [2.05, 4.69) is 0 Å². The van der Waals surface area contributed by atoms with Gasteiger partial charge in [-0.2, -0.15) is 0 Å². The lowest BCUT2D eigenvalue weighted by molar-refractivity contribution is -0.136. The molecule has 0 radical (unpaired) electrons. The average molecular weight is 220 g/mol. The molecule has 0 aliphatic heterocycles. The van der Waals surface area contributed by atoms with Gasteiger partial charge in [-0.05, 0) is 26.3 Å². The van der Waals surface area contributed by atoms with E-state index in [4.69, 9.17) is 9.84 Å². The summed E-state index contributed by atoms with van der Waals surface area (Å²) in [4.78, 5) is 11.5. The molecular formula is C13H16O3. The molecule has 0 amide bonds. The average Bonchev–Trinajstić information content (AvgIpc) is 2.17. The molecule has 0 saturated carbocycles. The molecule has 1 N–H and O–H groups in total. The number of ether oxygens (including phenoxy) is 1. The minimum atomic E-state index is -0.505. The van der Waals surface area contributed by atoms with Crippen LogP contribution in [-0.4, -0.2) is 17.7 Å². The minimum absolute atomic E-state index is 0.189. The third-order valence-electron chi connectivity index (χ3n) is 2.16. The van der Waals surface area contributed by atoms with Crippen LogP contribution in [0.5, 0.6) is 0 Å². The number of benzene rings is 1. The lowest BCUT2D eigenvalue weighted by Gasteiger charge is -2.07. The molecule has 0 saturated heterocycles. The molecule has 3 heteroatoms. The zero-order chi connectivity index (χ0) is 12.1. The van der Waals surface area contributed by atoms with Gasteiger partial charge in [0.1, 0.15) is 5.57 Å². The van der Waals surface area contributed by atoms with E-state index in [0.717, 1.165) is 17.4 Å². The fourth-order valence-corrected chi connectivity index (χ4v) is 1.58. The summed E-state index contributed by atoms with van der Waals surface area (Å²) < 4.78 is 4.86. The van der Waals surface area contributed by atoms with E-state index in [-0.39, 0.29) is 5.57 Å². The maximum absolute atomic E-state index is 11.5.